The summed E-state index contributed by atoms with van der Waals surface area (Å²) in [5.41, 5.74) is 2.25. The molecule has 1 N–H and O–H groups in total. The number of carbonyl (C=O) groups is 1. The van der Waals surface area contributed by atoms with Crippen molar-refractivity contribution in [2.75, 3.05) is 26.1 Å². The zero-order valence-corrected chi connectivity index (χ0v) is 16.9. The van der Waals surface area contributed by atoms with Crippen molar-refractivity contribution < 1.29 is 19.0 Å². The van der Waals surface area contributed by atoms with E-state index in [9.17, 15) is 4.79 Å². The second-order valence-corrected chi connectivity index (χ2v) is 7.78. The van der Waals surface area contributed by atoms with Gasteiger partial charge in [-0.15, -0.1) is 11.3 Å². The third kappa shape index (κ3) is 3.34. The summed E-state index contributed by atoms with van der Waals surface area (Å²) in [6.45, 7) is 6.05. The van der Waals surface area contributed by atoms with Gasteiger partial charge in [0.1, 0.15) is 22.0 Å². The maximum Gasteiger partial charge on any atom is 0.341 e. The van der Waals surface area contributed by atoms with Crippen LogP contribution < -0.4 is 14.8 Å². The van der Waals surface area contributed by atoms with Crippen LogP contribution in [0.1, 0.15) is 27.7 Å². The largest absolute Gasteiger partial charge is 0.497 e. The fourth-order valence-corrected chi connectivity index (χ4v) is 4.59. The number of benzene rings is 1. The lowest BCUT2D eigenvalue weighted by atomic mass is 10.1. The number of esters is 1. The molecule has 0 amide bonds. The van der Waals surface area contributed by atoms with Crippen LogP contribution in [0, 0.1) is 13.8 Å². The third-order valence-corrected chi connectivity index (χ3v) is 6.01. The molecule has 0 fully saturated rings. The molecule has 0 aliphatic heterocycles. The van der Waals surface area contributed by atoms with E-state index in [0.717, 1.165) is 25.7 Å². The Morgan fingerprint density at radius 1 is 1.19 bits per heavy atom. The minimum absolute atomic E-state index is 0.322. The smallest absolute Gasteiger partial charge is 0.341 e. The van der Waals surface area contributed by atoms with Gasteiger partial charge in [-0.3, -0.25) is 0 Å². The highest BCUT2D eigenvalue weighted by Crippen LogP contribution is 2.40. The molecule has 8 heteroatoms. The number of thiophene rings is 1. The standard InChI is InChI=1S/C18H20N2O4S2/c1-6-24-17(21)14-9(2)10(3)25-16(14)20-18-19-15-12(23-5)7-11(22-4)8-13(15)26-18/h7-8H,6H2,1-5H3,(H,19,20). The molecule has 0 radical (unpaired) electrons. The van der Waals surface area contributed by atoms with E-state index in [2.05, 4.69) is 10.3 Å². The van der Waals surface area contributed by atoms with Gasteiger partial charge >= 0.3 is 5.97 Å². The maximum atomic E-state index is 12.3. The Morgan fingerprint density at radius 2 is 1.96 bits per heavy atom. The molecule has 0 spiro atoms. The first-order chi connectivity index (χ1) is 12.5. The topological polar surface area (TPSA) is 69.7 Å². The number of nitrogens with zero attached hydrogens (tertiary/aromatic N) is 1. The summed E-state index contributed by atoms with van der Waals surface area (Å²) >= 11 is 2.99. The fourth-order valence-electron chi connectivity index (χ4n) is 2.56. The number of hydrogen-bond donors (Lipinski definition) is 1. The summed E-state index contributed by atoms with van der Waals surface area (Å²) in [6.07, 6.45) is 0. The number of rotatable bonds is 6. The van der Waals surface area contributed by atoms with Gasteiger partial charge in [0, 0.05) is 10.9 Å². The van der Waals surface area contributed by atoms with Crippen LogP contribution in [0.3, 0.4) is 0 Å². The van der Waals surface area contributed by atoms with Crippen molar-refractivity contribution in [2.24, 2.45) is 0 Å². The van der Waals surface area contributed by atoms with Crippen molar-refractivity contribution in [3.63, 3.8) is 0 Å². The molecular weight excluding hydrogens is 372 g/mol. The van der Waals surface area contributed by atoms with Crippen LogP contribution in [-0.4, -0.2) is 31.8 Å². The van der Waals surface area contributed by atoms with E-state index in [4.69, 9.17) is 14.2 Å². The zero-order valence-electron chi connectivity index (χ0n) is 15.3. The Bertz CT molecular complexity index is 962. The second-order valence-electron chi connectivity index (χ2n) is 5.53. The molecule has 0 bridgehead atoms. The molecule has 2 aromatic heterocycles. The summed E-state index contributed by atoms with van der Waals surface area (Å²) in [7, 11) is 3.22. The van der Waals surface area contributed by atoms with Gasteiger partial charge in [0.05, 0.1) is 31.1 Å². The summed E-state index contributed by atoms with van der Waals surface area (Å²) in [5.74, 6) is 1.03. The third-order valence-electron chi connectivity index (χ3n) is 3.97. The Morgan fingerprint density at radius 3 is 2.62 bits per heavy atom. The van der Waals surface area contributed by atoms with Crippen LogP contribution in [0.15, 0.2) is 12.1 Å². The Hall–Kier alpha value is -2.32. The molecule has 26 heavy (non-hydrogen) atoms. The lowest BCUT2D eigenvalue weighted by Gasteiger charge is -2.05. The van der Waals surface area contributed by atoms with Gasteiger partial charge < -0.3 is 19.5 Å². The average Bonchev–Trinajstić information content (AvgIpc) is 3.14. The van der Waals surface area contributed by atoms with Gasteiger partial charge in [-0.05, 0) is 32.4 Å². The normalized spacial score (nSPS) is 10.8. The summed E-state index contributed by atoms with van der Waals surface area (Å²) in [6, 6.07) is 3.72. The van der Waals surface area contributed by atoms with E-state index in [1.165, 1.54) is 22.7 Å². The number of anilines is 2. The number of nitrogens with one attached hydrogen (secondary N) is 1. The first-order valence-electron chi connectivity index (χ1n) is 8.05. The lowest BCUT2D eigenvalue weighted by molar-refractivity contribution is 0.0527. The highest BCUT2D eigenvalue weighted by atomic mass is 32.1. The summed E-state index contributed by atoms with van der Waals surface area (Å²) in [4.78, 5) is 18.0. The van der Waals surface area contributed by atoms with Gasteiger partial charge in [0.2, 0.25) is 0 Å². The molecule has 3 aromatic rings. The van der Waals surface area contributed by atoms with E-state index in [1.807, 2.05) is 19.9 Å². The predicted octanol–water partition coefficient (Wildman–Crippen LogP) is 4.91. The second kappa shape index (κ2) is 7.51. The number of aryl methyl sites for hydroxylation is 1. The van der Waals surface area contributed by atoms with Crippen molar-refractivity contribution in [1.29, 1.82) is 0 Å². The van der Waals surface area contributed by atoms with E-state index in [1.54, 1.807) is 27.2 Å². The Balaban J connectivity index is 2.02. The molecule has 2 heterocycles. The van der Waals surface area contributed by atoms with Gasteiger partial charge in [-0.1, -0.05) is 11.3 Å². The van der Waals surface area contributed by atoms with Crippen LogP contribution in [0.2, 0.25) is 0 Å². The summed E-state index contributed by atoms with van der Waals surface area (Å²) in [5, 5.41) is 4.70. The zero-order chi connectivity index (χ0) is 18.8. The van der Waals surface area contributed by atoms with Gasteiger partial charge in [0.25, 0.3) is 0 Å². The first kappa shape index (κ1) is 18.5. The van der Waals surface area contributed by atoms with E-state index < -0.39 is 0 Å². The molecule has 1 aromatic carbocycles. The van der Waals surface area contributed by atoms with Crippen molar-refractivity contribution in [2.45, 2.75) is 20.8 Å². The number of hydrogen-bond acceptors (Lipinski definition) is 8. The van der Waals surface area contributed by atoms with Crippen molar-refractivity contribution in [3.05, 3.63) is 28.1 Å². The maximum absolute atomic E-state index is 12.3. The molecular formula is C18H20N2O4S2. The molecule has 0 aliphatic rings. The van der Waals surface area contributed by atoms with Crippen LogP contribution in [-0.2, 0) is 4.74 Å². The molecule has 6 nitrogen and oxygen atoms in total. The number of carbonyl (C=O) groups excluding carboxylic acids is 1. The van der Waals surface area contributed by atoms with Gasteiger partial charge in [-0.25, -0.2) is 9.78 Å². The highest BCUT2D eigenvalue weighted by molar-refractivity contribution is 7.23. The predicted molar refractivity (Wildman–Crippen MR) is 106 cm³/mol. The molecule has 0 atom stereocenters. The number of thiazole rings is 1. The number of fused-ring (bicyclic) bond motifs is 1. The number of aromatic nitrogens is 1. The SMILES string of the molecule is CCOC(=O)c1c(Nc2nc3c(OC)cc(OC)cc3s2)sc(C)c1C. The molecule has 138 valence electrons. The number of ether oxygens (including phenoxy) is 3. The molecule has 0 unspecified atom stereocenters. The van der Waals surface area contributed by atoms with E-state index in [0.29, 0.717) is 28.8 Å². The van der Waals surface area contributed by atoms with E-state index in [-0.39, 0.29) is 5.97 Å². The van der Waals surface area contributed by atoms with Crippen LogP contribution >= 0.6 is 22.7 Å². The van der Waals surface area contributed by atoms with Crippen molar-refractivity contribution >= 4 is 49.0 Å². The minimum atomic E-state index is -0.322. The monoisotopic (exact) mass is 392 g/mol. The van der Waals surface area contributed by atoms with Gasteiger partial charge in [-0.2, -0.15) is 0 Å². The van der Waals surface area contributed by atoms with Crippen LogP contribution in [0.5, 0.6) is 11.5 Å². The van der Waals surface area contributed by atoms with Crippen LogP contribution in [0.4, 0.5) is 10.1 Å². The van der Waals surface area contributed by atoms with Crippen LogP contribution in [0.25, 0.3) is 10.2 Å². The minimum Gasteiger partial charge on any atom is -0.497 e. The average molecular weight is 393 g/mol. The molecule has 0 aliphatic carbocycles. The molecule has 3 rings (SSSR count). The summed E-state index contributed by atoms with van der Waals surface area (Å²) < 4.78 is 16.9. The number of methoxy groups -OCH3 is 2. The Labute approximate surface area is 159 Å². The van der Waals surface area contributed by atoms with Gasteiger partial charge in [0.15, 0.2) is 5.13 Å². The first-order valence-corrected chi connectivity index (χ1v) is 9.68. The molecule has 0 saturated carbocycles. The quantitative estimate of drug-likeness (QED) is 0.601. The van der Waals surface area contributed by atoms with Crippen molar-refractivity contribution in [1.82, 2.24) is 4.98 Å². The van der Waals surface area contributed by atoms with E-state index >= 15 is 0 Å². The fraction of sp³-hybridized carbons (Fsp3) is 0.333. The highest BCUT2D eigenvalue weighted by Gasteiger charge is 2.22. The van der Waals surface area contributed by atoms with Crippen molar-refractivity contribution in [3.8, 4) is 11.5 Å². The Kier molecular flexibility index (Phi) is 5.33. The lowest BCUT2D eigenvalue weighted by Crippen LogP contribution is -2.07. The molecule has 0 saturated heterocycles.